The second kappa shape index (κ2) is 6.46. The maximum atomic E-state index is 10.9. The molecule has 2 N–H and O–H groups in total. The summed E-state index contributed by atoms with van der Waals surface area (Å²) >= 11 is 5.80. The highest BCUT2D eigenvalue weighted by molar-refractivity contribution is 6.31. The second-order valence-electron chi connectivity index (χ2n) is 4.13. The lowest BCUT2D eigenvalue weighted by atomic mass is 10.1. The quantitative estimate of drug-likeness (QED) is 0.464. The molecular weight excluding hydrogens is 260 g/mol. The number of rotatable bonds is 6. The summed E-state index contributed by atoms with van der Waals surface area (Å²) in [5.74, 6) is 0.805. The van der Waals surface area contributed by atoms with Gasteiger partial charge in [-0.25, -0.2) is 9.97 Å². The molecule has 0 saturated heterocycles. The SMILES string of the molecule is CC(C)Cc1nc(Cl)c([N+](=O)[O-])c(NCCO)n1. The number of aliphatic hydroxyl groups is 1. The fourth-order valence-corrected chi connectivity index (χ4v) is 1.64. The van der Waals surface area contributed by atoms with Crippen molar-refractivity contribution in [1.82, 2.24) is 9.97 Å². The van der Waals surface area contributed by atoms with Gasteiger partial charge in [-0.05, 0) is 5.92 Å². The first kappa shape index (κ1) is 14.6. The molecule has 1 rings (SSSR count). The Morgan fingerprint density at radius 1 is 1.50 bits per heavy atom. The summed E-state index contributed by atoms with van der Waals surface area (Å²) in [7, 11) is 0. The molecule has 0 aliphatic carbocycles. The third-order valence-corrected chi connectivity index (χ3v) is 2.33. The summed E-state index contributed by atoms with van der Waals surface area (Å²) < 4.78 is 0. The van der Waals surface area contributed by atoms with Gasteiger partial charge < -0.3 is 10.4 Å². The Hall–Kier alpha value is -1.47. The van der Waals surface area contributed by atoms with Gasteiger partial charge in [-0.15, -0.1) is 0 Å². The summed E-state index contributed by atoms with van der Waals surface area (Å²) in [5, 5.41) is 22.1. The maximum Gasteiger partial charge on any atom is 0.348 e. The van der Waals surface area contributed by atoms with Crippen molar-refractivity contribution >= 4 is 23.1 Å². The van der Waals surface area contributed by atoms with Crippen molar-refractivity contribution in [2.24, 2.45) is 5.92 Å². The van der Waals surface area contributed by atoms with Gasteiger partial charge in [-0.3, -0.25) is 10.1 Å². The van der Waals surface area contributed by atoms with Gasteiger partial charge >= 0.3 is 5.69 Å². The van der Waals surface area contributed by atoms with E-state index in [1.54, 1.807) is 0 Å². The van der Waals surface area contributed by atoms with Crippen LogP contribution in [0.4, 0.5) is 11.5 Å². The molecule has 0 spiro atoms. The van der Waals surface area contributed by atoms with Crippen LogP contribution in [0.1, 0.15) is 19.7 Å². The predicted molar refractivity (Wildman–Crippen MR) is 67.8 cm³/mol. The van der Waals surface area contributed by atoms with Crippen molar-refractivity contribution < 1.29 is 10.0 Å². The molecule has 100 valence electrons. The van der Waals surface area contributed by atoms with Crippen LogP contribution in [0.15, 0.2) is 0 Å². The summed E-state index contributed by atoms with van der Waals surface area (Å²) in [6.07, 6.45) is 0.575. The molecule has 0 aliphatic heterocycles. The van der Waals surface area contributed by atoms with Crippen LogP contribution >= 0.6 is 11.6 Å². The predicted octanol–water partition coefficient (Wildman–Crippen LogP) is 1.64. The Labute approximate surface area is 109 Å². The fraction of sp³-hybridized carbons (Fsp3) is 0.600. The van der Waals surface area contributed by atoms with Crippen molar-refractivity contribution in [3.63, 3.8) is 0 Å². The molecule has 0 aliphatic rings. The molecule has 1 heterocycles. The van der Waals surface area contributed by atoms with Gasteiger partial charge in [-0.2, -0.15) is 0 Å². The molecule has 18 heavy (non-hydrogen) atoms. The van der Waals surface area contributed by atoms with Gasteiger partial charge in [0.15, 0.2) is 0 Å². The number of nitro groups is 1. The highest BCUT2D eigenvalue weighted by atomic mass is 35.5. The summed E-state index contributed by atoms with van der Waals surface area (Å²) in [5.41, 5.74) is -0.363. The Kier molecular flexibility index (Phi) is 5.24. The van der Waals surface area contributed by atoms with Gasteiger partial charge in [-0.1, -0.05) is 25.4 Å². The largest absolute Gasteiger partial charge is 0.395 e. The van der Waals surface area contributed by atoms with Gasteiger partial charge in [0.1, 0.15) is 5.82 Å². The van der Waals surface area contributed by atoms with E-state index < -0.39 is 4.92 Å². The lowest BCUT2D eigenvalue weighted by Crippen LogP contribution is -2.12. The molecule has 1 aromatic rings. The van der Waals surface area contributed by atoms with E-state index in [0.29, 0.717) is 18.2 Å². The summed E-state index contributed by atoms with van der Waals surface area (Å²) in [6.45, 7) is 3.98. The number of aromatic nitrogens is 2. The van der Waals surface area contributed by atoms with Crippen LogP contribution in [-0.4, -0.2) is 33.1 Å². The second-order valence-corrected chi connectivity index (χ2v) is 4.49. The minimum atomic E-state index is -0.638. The number of nitrogens with one attached hydrogen (secondary N) is 1. The van der Waals surface area contributed by atoms with E-state index in [2.05, 4.69) is 15.3 Å². The van der Waals surface area contributed by atoms with Gasteiger partial charge in [0.2, 0.25) is 11.0 Å². The van der Waals surface area contributed by atoms with Gasteiger partial charge in [0, 0.05) is 13.0 Å². The van der Waals surface area contributed by atoms with E-state index in [4.69, 9.17) is 16.7 Å². The number of aliphatic hydroxyl groups excluding tert-OH is 1. The number of hydrogen-bond donors (Lipinski definition) is 2. The highest BCUT2D eigenvalue weighted by Gasteiger charge is 2.23. The first-order chi connectivity index (χ1) is 8.45. The molecule has 0 saturated carbocycles. The van der Waals surface area contributed by atoms with Crippen molar-refractivity contribution in [2.45, 2.75) is 20.3 Å². The molecule has 0 atom stereocenters. The zero-order valence-corrected chi connectivity index (χ0v) is 10.9. The number of nitrogens with zero attached hydrogens (tertiary/aromatic N) is 3. The minimum Gasteiger partial charge on any atom is -0.395 e. The highest BCUT2D eigenvalue weighted by Crippen LogP contribution is 2.29. The third-order valence-electron chi connectivity index (χ3n) is 2.07. The lowest BCUT2D eigenvalue weighted by molar-refractivity contribution is -0.384. The third kappa shape index (κ3) is 3.78. The van der Waals surface area contributed by atoms with Crippen LogP contribution in [0.5, 0.6) is 0 Å². The average molecular weight is 275 g/mol. The van der Waals surface area contributed by atoms with E-state index in [9.17, 15) is 10.1 Å². The van der Waals surface area contributed by atoms with Crippen molar-refractivity contribution in [3.8, 4) is 0 Å². The Morgan fingerprint density at radius 2 is 2.17 bits per heavy atom. The first-order valence-corrected chi connectivity index (χ1v) is 5.89. The van der Waals surface area contributed by atoms with Crippen LogP contribution in [0.25, 0.3) is 0 Å². The van der Waals surface area contributed by atoms with Crippen LogP contribution < -0.4 is 5.32 Å². The van der Waals surface area contributed by atoms with Crippen LogP contribution in [-0.2, 0) is 6.42 Å². The lowest BCUT2D eigenvalue weighted by Gasteiger charge is -2.09. The Balaban J connectivity index is 3.14. The Bertz CT molecular complexity index is 439. The molecule has 0 bridgehead atoms. The van der Waals surface area contributed by atoms with Crippen molar-refractivity contribution in [1.29, 1.82) is 0 Å². The molecule has 1 aromatic heterocycles. The molecule has 0 unspecified atom stereocenters. The fourth-order valence-electron chi connectivity index (χ4n) is 1.39. The standard InChI is InChI=1S/C10H15ClN4O3/c1-6(2)5-7-13-9(11)8(15(17)18)10(14-7)12-3-4-16/h6,16H,3-5H2,1-2H3,(H,12,13,14). The first-order valence-electron chi connectivity index (χ1n) is 5.51. The molecule has 7 nitrogen and oxygen atoms in total. The van der Waals surface area contributed by atoms with E-state index in [1.807, 2.05) is 13.8 Å². The summed E-state index contributed by atoms with van der Waals surface area (Å²) in [4.78, 5) is 18.2. The van der Waals surface area contributed by atoms with E-state index in [0.717, 1.165) is 0 Å². The molecular formula is C10H15ClN4O3. The summed E-state index contributed by atoms with van der Waals surface area (Å²) in [6, 6.07) is 0. The van der Waals surface area contributed by atoms with Crippen LogP contribution in [0.2, 0.25) is 5.15 Å². The van der Waals surface area contributed by atoms with E-state index in [1.165, 1.54) is 0 Å². The van der Waals surface area contributed by atoms with Crippen LogP contribution in [0, 0.1) is 16.0 Å². The van der Waals surface area contributed by atoms with Gasteiger partial charge in [0.05, 0.1) is 11.5 Å². The molecule has 8 heteroatoms. The number of hydrogen-bond acceptors (Lipinski definition) is 6. The average Bonchev–Trinajstić information content (AvgIpc) is 2.23. The van der Waals surface area contributed by atoms with Gasteiger partial charge in [0.25, 0.3) is 0 Å². The number of anilines is 1. The van der Waals surface area contributed by atoms with Crippen LogP contribution in [0.3, 0.4) is 0 Å². The normalized spacial score (nSPS) is 10.7. The van der Waals surface area contributed by atoms with Crippen molar-refractivity contribution in [3.05, 3.63) is 21.1 Å². The zero-order valence-electron chi connectivity index (χ0n) is 10.2. The van der Waals surface area contributed by atoms with E-state index in [-0.39, 0.29) is 29.8 Å². The molecule has 0 aromatic carbocycles. The smallest absolute Gasteiger partial charge is 0.348 e. The molecule has 0 fully saturated rings. The monoisotopic (exact) mass is 274 g/mol. The number of halogens is 1. The van der Waals surface area contributed by atoms with E-state index >= 15 is 0 Å². The molecule has 0 amide bonds. The topological polar surface area (TPSA) is 101 Å². The zero-order chi connectivity index (χ0) is 13.7. The molecule has 0 radical (unpaired) electrons. The maximum absolute atomic E-state index is 10.9. The van der Waals surface area contributed by atoms with Crippen molar-refractivity contribution in [2.75, 3.05) is 18.5 Å². The minimum absolute atomic E-state index is 0.0460. The Morgan fingerprint density at radius 3 is 2.67 bits per heavy atom.